The van der Waals surface area contributed by atoms with Gasteiger partial charge in [-0.25, -0.2) is 0 Å². The van der Waals surface area contributed by atoms with Gasteiger partial charge < -0.3 is 14.7 Å². The maximum Gasteiger partial charge on any atom is 0.132 e. The molecule has 1 atom stereocenters. The number of hydrogen-bond acceptors (Lipinski definition) is 3. The van der Waals surface area contributed by atoms with Crippen molar-refractivity contribution in [2.45, 2.75) is 6.04 Å². The number of aliphatic imine (C=N–C) groups is 1. The standard InChI is InChI=1S/C18H21BrN2O2/c1-21(2)17(13-4-7-16(23-3)8-5-13)12-20-11-14-10-15(19)6-9-18(14)22/h4-11,17,22H,12H2,1-3H3/p+1/t17-/m1/s1. The summed E-state index contributed by atoms with van der Waals surface area (Å²) in [4.78, 5) is 5.82. The Bertz CT molecular complexity index is 669. The second-order valence-electron chi connectivity index (χ2n) is 5.60. The Morgan fingerprint density at radius 2 is 1.91 bits per heavy atom. The number of ether oxygens (including phenoxy) is 1. The van der Waals surface area contributed by atoms with Gasteiger partial charge in [0.1, 0.15) is 17.5 Å². The first-order chi connectivity index (χ1) is 11.0. The molecule has 0 saturated carbocycles. The fraction of sp³-hybridized carbons (Fsp3) is 0.278. The summed E-state index contributed by atoms with van der Waals surface area (Å²) >= 11 is 3.40. The summed E-state index contributed by atoms with van der Waals surface area (Å²) in [5.74, 6) is 1.08. The third-order valence-corrected chi connectivity index (χ3v) is 4.22. The van der Waals surface area contributed by atoms with Gasteiger partial charge in [0, 0.05) is 21.8 Å². The molecule has 2 aromatic carbocycles. The lowest BCUT2D eigenvalue weighted by Crippen LogP contribution is -3.06. The number of likely N-dealkylation sites (N-methyl/N-ethyl adjacent to an activating group) is 1. The van der Waals surface area contributed by atoms with Gasteiger partial charge in [0.25, 0.3) is 0 Å². The predicted octanol–water partition coefficient (Wildman–Crippen LogP) is 2.47. The molecule has 0 heterocycles. The minimum Gasteiger partial charge on any atom is -0.507 e. The summed E-state index contributed by atoms with van der Waals surface area (Å²) in [7, 11) is 5.89. The summed E-state index contributed by atoms with van der Waals surface area (Å²) in [6, 6.07) is 13.6. The van der Waals surface area contributed by atoms with Crippen molar-refractivity contribution in [3.05, 3.63) is 58.1 Å². The van der Waals surface area contributed by atoms with E-state index in [9.17, 15) is 5.11 Å². The van der Waals surface area contributed by atoms with Crippen LogP contribution in [0.2, 0.25) is 0 Å². The van der Waals surface area contributed by atoms with Crippen LogP contribution in [0.1, 0.15) is 17.2 Å². The fourth-order valence-electron chi connectivity index (χ4n) is 2.34. The molecule has 0 bridgehead atoms. The molecule has 4 nitrogen and oxygen atoms in total. The average Bonchev–Trinajstić information content (AvgIpc) is 2.54. The number of nitrogens with one attached hydrogen (secondary N) is 1. The molecular formula is C18H22BrN2O2+. The number of halogens is 1. The summed E-state index contributed by atoms with van der Waals surface area (Å²) in [6.07, 6.45) is 1.72. The molecule has 0 aliphatic heterocycles. The smallest absolute Gasteiger partial charge is 0.132 e. The zero-order chi connectivity index (χ0) is 16.8. The van der Waals surface area contributed by atoms with Crippen LogP contribution in [-0.4, -0.2) is 39.1 Å². The highest BCUT2D eigenvalue weighted by molar-refractivity contribution is 9.10. The van der Waals surface area contributed by atoms with Gasteiger partial charge in [0.15, 0.2) is 0 Å². The molecule has 0 unspecified atom stereocenters. The first-order valence-electron chi connectivity index (χ1n) is 7.43. The fourth-order valence-corrected chi connectivity index (χ4v) is 2.72. The molecule has 0 radical (unpaired) electrons. The van der Waals surface area contributed by atoms with Gasteiger partial charge in [-0.05, 0) is 42.5 Å². The number of rotatable bonds is 6. The van der Waals surface area contributed by atoms with Gasteiger partial charge in [0.2, 0.25) is 0 Å². The number of phenols is 1. The molecule has 23 heavy (non-hydrogen) atoms. The van der Waals surface area contributed by atoms with Crippen molar-refractivity contribution in [3.8, 4) is 11.5 Å². The van der Waals surface area contributed by atoms with Gasteiger partial charge in [-0.15, -0.1) is 0 Å². The predicted molar refractivity (Wildman–Crippen MR) is 96.8 cm³/mol. The van der Waals surface area contributed by atoms with Crippen LogP contribution in [0.25, 0.3) is 0 Å². The Labute approximate surface area is 145 Å². The Kier molecular flexibility index (Phi) is 6.19. The zero-order valence-corrected chi connectivity index (χ0v) is 15.2. The highest BCUT2D eigenvalue weighted by Gasteiger charge is 2.17. The summed E-state index contributed by atoms with van der Waals surface area (Å²) < 4.78 is 6.12. The van der Waals surface area contributed by atoms with Crippen LogP contribution in [0.15, 0.2) is 51.9 Å². The highest BCUT2D eigenvalue weighted by Crippen LogP contribution is 2.20. The van der Waals surface area contributed by atoms with Crippen molar-refractivity contribution in [3.63, 3.8) is 0 Å². The monoisotopic (exact) mass is 377 g/mol. The topological polar surface area (TPSA) is 46.3 Å². The number of hydrogen-bond donors (Lipinski definition) is 2. The largest absolute Gasteiger partial charge is 0.507 e. The lowest BCUT2D eigenvalue weighted by Gasteiger charge is -2.20. The maximum absolute atomic E-state index is 9.85. The van der Waals surface area contributed by atoms with Crippen LogP contribution in [0, 0.1) is 0 Å². The molecule has 0 aliphatic rings. The maximum atomic E-state index is 9.85. The van der Waals surface area contributed by atoms with E-state index < -0.39 is 0 Å². The Morgan fingerprint density at radius 3 is 2.52 bits per heavy atom. The van der Waals surface area contributed by atoms with Crippen LogP contribution in [0.5, 0.6) is 11.5 Å². The minimum absolute atomic E-state index is 0.232. The number of methoxy groups -OCH3 is 1. The SMILES string of the molecule is COc1ccc([C@@H](CN=Cc2cc(Br)ccc2O)[NH+](C)C)cc1. The lowest BCUT2D eigenvalue weighted by molar-refractivity contribution is -0.890. The summed E-state index contributed by atoms with van der Waals surface area (Å²) in [5.41, 5.74) is 1.92. The van der Waals surface area contributed by atoms with E-state index in [0.29, 0.717) is 12.1 Å². The number of quaternary nitrogens is 1. The van der Waals surface area contributed by atoms with Crippen LogP contribution < -0.4 is 9.64 Å². The number of phenolic OH excluding ortho intramolecular Hbond substituents is 1. The average molecular weight is 378 g/mol. The van der Waals surface area contributed by atoms with E-state index >= 15 is 0 Å². The van der Waals surface area contributed by atoms with Gasteiger partial charge in [-0.1, -0.05) is 15.9 Å². The van der Waals surface area contributed by atoms with Crippen LogP contribution in [0.3, 0.4) is 0 Å². The van der Waals surface area contributed by atoms with E-state index in [-0.39, 0.29) is 11.8 Å². The van der Waals surface area contributed by atoms with Crippen molar-refractivity contribution in [1.29, 1.82) is 0 Å². The van der Waals surface area contributed by atoms with Crippen molar-refractivity contribution in [1.82, 2.24) is 0 Å². The molecule has 0 aromatic heterocycles. The van der Waals surface area contributed by atoms with E-state index in [1.165, 1.54) is 10.5 Å². The molecule has 0 spiro atoms. The lowest BCUT2D eigenvalue weighted by atomic mass is 10.1. The quantitative estimate of drug-likeness (QED) is 0.759. The molecule has 5 heteroatoms. The number of nitrogens with zero attached hydrogens (tertiary/aromatic N) is 1. The van der Waals surface area contributed by atoms with Crippen LogP contribution >= 0.6 is 15.9 Å². The van der Waals surface area contributed by atoms with E-state index in [1.807, 2.05) is 18.2 Å². The molecule has 0 saturated heterocycles. The molecule has 2 N–H and O–H groups in total. The zero-order valence-electron chi connectivity index (χ0n) is 13.6. The molecule has 0 aliphatic carbocycles. The Balaban J connectivity index is 2.13. The first-order valence-corrected chi connectivity index (χ1v) is 8.23. The van der Waals surface area contributed by atoms with Crippen molar-refractivity contribution in [2.75, 3.05) is 27.7 Å². The van der Waals surface area contributed by atoms with E-state index in [2.05, 4.69) is 47.2 Å². The molecule has 2 aromatic rings. The molecule has 0 amide bonds. The molecule has 2 rings (SSSR count). The molecule has 122 valence electrons. The van der Waals surface area contributed by atoms with Gasteiger partial charge in [0.05, 0.1) is 27.7 Å². The Hall–Kier alpha value is -1.85. The van der Waals surface area contributed by atoms with Gasteiger partial charge >= 0.3 is 0 Å². The molecule has 0 fully saturated rings. The summed E-state index contributed by atoms with van der Waals surface area (Å²) in [5, 5.41) is 9.85. The van der Waals surface area contributed by atoms with Crippen molar-refractivity contribution >= 4 is 22.1 Å². The minimum atomic E-state index is 0.232. The van der Waals surface area contributed by atoms with E-state index in [0.717, 1.165) is 10.2 Å². The van der Waals surface area contributed by atoms with Crippen molar-refractivity contribution in [2.24, 2.45) is 4.99 Å². The number of benzene rings is 2. The second kappa shape index (κ2) is 8.13. The highest BCUT2D eigenvalue weighted by atomic mass is 79.9. The van der Waals surface area contributed by atoms with Crippen LogP contribution in [0.4, 0.5) is 0 Å². The first kappa shape index (κ1) is 17.5. The van der Waals surface area contributed by atoms with E-state index in [1.54, 1.807) is 25.5 Å². The van der Waals surface area contributed by atoms with Crippen LogP contribution in [-0.2, 0) is 0 Å². The Morgan fingerprint density at radius 1 is 1.22 bits per heavy atom. The second-order valence-corrected chi connectivity index (χ2v) is 6.52. The van der Waals surface area contributed by atoms with Gasteiger partial charge in [-0.2, -0.15) is 0 Å². The van der Waals surface area contributed by atoms with E-state index in [4.69, 9.17) is 4.74 Å². The third kappa shape index (κ3) is 4.81. The normalized spacial score (nSPS) is 12.7. The van der Waals surface area contributed by atoms with Gasteiger partial charge in [-0.3, -0.25) is 4.99 Å². The molecular weight excluding hydrogens is 356 g/mol. The summed E-state index contributed by atoms with van der Waals surface area (Å²) in [6.45, 7) is 0.639. The third-order valence-electron chi connectivity index (χ3n) is 3.72. The van der Waals surface area contributed by atoms with Crippen molar-refractivity contribution < 1.29 is 14.7 Å². The number of aromatic hydroxyl groups is 1.